The lowest BCUT2D eigenvalue weighted by Gasteiger charge is -2.04. The van der Waals surface area contributed by atoms with Crippen LogP contribution in [0.3, 0.4) is 0 Å². The first-order chi connectivity index (χ1) is 6.27. The minimum atomic E-state index is -0.419. The molecule has 1 unspecified atom stereocenters. The van der Waals surface area contributed by atoms with E-state index in [0.717, 1.165) is 11.0 Å². The molecular formula is C9H10N2OS. The van der Waals surface area contributed by atoms with Gasteiger partial charge in [0.1, 0.15) is 11.8 Å². The van der Waals surface area contributed by atoms with Gasteiger partial charge in [0.15, 0.2) is 0 Å². The average Bonchev–Trinajstić information content (AvgIpc) is 2.48. The average molecular weight is 194 g/mol. The van der Waals surface area contributed by atoms with Crippen LogP contribution in [0.1, 0.15) is 6.92 Å². The molecule has 0 aliphatic heterocycles. The van der Waals surface area contributed by atoms with Crippen molar-refractivity contribution in [2.75, 3.05) is 0 Å². The van der Waals surface area contributed by atoms with Crippen molar-refractivity contribution in [3.05, 3.63) is 30.6 Å². The topological polar surface area (TPSA) is 38.0 Å². The number of aliphatic hydroxyl groups excluding tert-OH is 1. The van der Waals surface area contributed by atoms with E-state index in [-0.39, 0.29) is 0 Å². The predicted octanol–water partition coefficient (Wildman–Crippen LogP) is 1.87. The van der Waals surface area contributed by atoms with Crippen LogP contribution in [0.4, 0.5) is 0 Å². The summed E-state index contributed by atoms with van der Waals surface area (Å²) in [7, 11) is 0. The highest BCUT2D eigenvalue weighted by atomic mass is 32.2. The molecule has 0 fully saturated rings. The van der Waals surface area contributed by atoms with Gasteiger partial charge in [0.25, 0.3) is 0 Å². The SMILES string of the molecule is CC(O)Sn1cnc2ccccc21. The molecular weight excluding hydrogens is 184 g/mol. The molecule has 0 bridgehead atoms. The van der Waals surface area contributed by atoms with E-state index in [0.29, 0.717) is 0 Å². The fraction of sp³-hybridized carbons (Fsp3) is 0.222. The van der Waals surface area contributed by atoms with E-state index in [1.54, 1.807) is 13.3 Å². The number of rotatable bonds is 2. The first-order valence-electron chi connectivity index (χ1n) is 4.04. The molecule has 0 saturated carbocycles. The van der Waals surface area contributed by atoms with Gasteiger partial charge in [-0.15, -0.1) is 0 Å². The normalized spacial score (nSPS) is 13.4. The molecule has 2 rings (SSSR count). The van der Waals surface area contributed by atoms with Crippen molar-refractivity contribution in [3.8, 4) is 0 Å². The van der Waals surface area contributed by atoms with Crippen LogP contribution in [0.15, 0.2) is 30.6 Å². The number of fused-ring (bicyclic) bond motifs is 1. The van der Waals surface area contributed by atoms with E-state index < -0.39 is 5.44 Å². The molecule has 0 aliphatic rings. The summed E-state index contributed by atoms with van der Waals surface area (Å²) >= 11 is 1.34. The summed E-state index contributed by atoms with van der Waals surface area (Å²) in [5, 5.41) is 9.20. The van der Waals surface area contributed by atoms with E-state index in [4.69, 9.17) is 0 Å². The molecule has 1 aromatic carbocycles. The van der Waals surface area contributed by atoms with Crippen molar-refractivity contribution in [2.45, 2.75) is 12.4 Å². The van der Waals surface area contributed by atoms with Crippen LogP contribution in [-0.4, -0.2) is 19.5 Å². The van der Waals surface area contributed by atoms with Crippen LogP contribution in [0.25, 0.3) is 11.0 Å². The molecule has 0 amide bonds. The van der Waals surface area contributed by atoms with Crippen molar-refractivity contribution in [1.29, 1.82) is 0 Å². The molecule has 3 nitrogen and oxygen atoms in total. The number of imidazole rings is 1. The van der Waals surface area contributed by atoms with Crippen LogP contribution in [0, 0.1) is 0 Å². The van der Waals surface area contributed by atoms with E-state index >= 15 is 0 Å². The zero-order chi connectivity index (χ0) is 9.26. The highest BCUT2D eigenvalue weighted by Crippen LogP contribution is 2.19. The Labute approximate surface area is 80.5 Å². The Kier molecular flexibility index (Phi) is 2.24. The summed E-state index contributed by atoms with van der Waals surface area (Å²) in [6, 6.07) is 7.85. The lowest BCUT2D eigenvalue weighted by Crippen LogP contribution is -1.96. The maximum absolute atomic E-state index is 9.20. The molecule has 1 N–H and O–H groups in total. The fourth-order valence-corrected chi connectivity index (χ4v) is 1.88. The Hall–Kier alpha value is -1.00. The molecule has 2 aromatic rings. The van der Waals surface area contributed by atoms with E-state index in [1.165, 1.54) is 11.9 Å². The van der Waals surface area contributed by atoms with Crippen LogP contribution in [0.5, 0.6) is 0 Å². The molecule has 0 aliphatic carbocycles. The lowest BCUT2D eigenvalue weighted by molar-refractivity contribution is 0.283. The maximum Gasteiger partial charge on any atom is 0.116 e. The molecule has 1 heterocycles. The van der Waals surface area contributed by atoms with Gasteiger partial charge in [-0.05, 0) is 31.0 Å². The van der Waals surface area contributed by atoms with E-state index in [2.05, 4.69) is 4.98 Å². The number of nitrogens with zero attached hydrogens (tertiary/aromatic N) is 2. The quantitative estimate of drug-likeness (QED) is 0.742. The van der Waals surface area contributed by atoms with Crippen LogP contribution in [0.2, 0.25) is 0 Å². The van der Waals surface area contributed by atoms with Gasteiger partial charge in [0.05, 0.1) is 11.0 Å². The highest BCUT2D eigenvalue weighted by Gasteiger charge is 2.03. The third-order valence-corrected chi connectivity index (χ3v) is 2.51. The number of benzene rings is 1. The van der Waals surface area contributed by atoms with Gasteiger partial charge in [-0.1, -0.05) is 12.1 Å². The van der Waals surface area contributed by atoms with Gasteiger partial charge in [-0.2, -0.15) is 0 Å². The third kappa shape index (κ3) is 1.68. The van der Waals surface area contributed by atoms with Crippen molar-refractivity contribution < 1.29 is 5.11 Å². The fourth-order valence-electron chi connectivity index (χ4n) is 1.18. The number of aliphatic hydroxyl groups is 1. The van der Waals surface area contributed by atoms with Gasteiger partial charge in [0.2, 0.25) is 0 Å². The summed E-state index contributed by atoms with van der Waals surface area (Å²) in [5.41, 5.74) is 1.57. The molecule has 0 saturated heterocycles. The Morgan fingerprint density at radius 1 is 1.46 bits per heavy atom. The molecule has 4 heteroatoms. The standard InChI is InChI=1S/C9H10N2OS/c1-7(12)13-11-6-10-8-4-2-3-5-9(8)11/h2-7,12H,1H3. The third-order valence-electron chi connectivity index (χ3n) is 1.69. The first-order valence-corrected chi connectivity index (χ1v) is 4.88. The van der Waals surface area contributed by atoms with Crippen molar-refractivity contribution in [1.82, 2.24) is 8.96 Å². The Bertz CT molecular complexity index is 411. The summed E-state index contributed by atoms with van der Waals surface area (Å²) < 4.78 is 1.88. The number of hydrogen-bond donors (Lipinski definition) is 1. The molecule has 13 heavy (non-hydrogen) atoms. The second-order valence-electron chi connectivity index (χ2n) is 2.76. The van der Waals surface area contributed by atoms with Crippen molar-refractivity contribution in [3.63, 3.8) is 0 Å². The zero-order valence-corrected chi connectivity index (χ0v) is 8.03. The molecule has 0 radical (unpaired) electrons. The molecule has 1 atom stereocenters. The monoisotopic (exact) mass is 194 g/mol. The van der Waals surface area contributed by atoms with Gasteiger partial charge >= 0.3 is 0 Å². The van der Waals surface area contributed by atoms with Gasteiger partial charge in [0, 0.05) is 0 Å². The Morgan fingerprint density at radius 2 is 2.23 bits per heavy atom. The first kappa shape index (κ1) is 8.59. The molecule has 1 aromatic heterocycles. The second kappa shape index (κ2) is 3.40. The van der Waals surface area contributed by atoms with Gasteiger partial charge < -0.3 is 5.11 Å². The van der Waals surface area contributed by atoms with Crippen molar-refractivity contribution in [2.24, 2.45) is 0 Å². The van der Waals surface area contributed by atoms with Crippen LogP contribution in [-0.2, 0) is 0 Å². The zero-order valence-electron chi connectivity index (χ0n) is 7.21. The molecule has 0 spiro atoms. The number of hydrogen-bond acceptors (Lipinski definition) is 3. The van der Waals surface area contributed by atoms with Crippen LogP contribution >= 0.6 is 11.9 Å². The molecule has 68 valence electrons. The second-order valence-corrected chi connectivity index (χ2v) is 4.05. The van der Waals surface area contributed by atoms with Crippen molar-refractivity contribution >= 4 is 23.0 Å². The Balaban J connectivity index is 2.46. The van der Waals surface area contributed by atoms with E-state index in [1.807, 2.05) is 28.2 Å². The smallest absolute Gasteiger partial charge is 0.116 e. The number of aromatic nitrogens is 2. The Morgan fingerprint density at radius 3 is 3.00 bits per heavy atom. The lowest BCUT2D eigenvalue weighted by atomic mass is 10.3. The minimum Gasteiger partial charge on any atom is -0.381 e. The number of para-hydroxylation sites is 2. The summed E-state index contributed by atoms with van der Waals surface area (Å²) in [4.78, 5) is 4.20. The maximum atomic E-state index is 9.20. The summed E-state index contributed by atoms with van der Waals surface area (Å²) in [6.45, 7) is 1.74. The predicted molar refractivity (Wildman–Crippen MR) is 54.4 cm³/mol. The summed E-state index contributed by atoms with van der Waals surface area (Å²) in [6.07, 6.45) is 1.72. The highest BCUT2D eigenvalue weighted by molar-refractivity contribution is 7.98. The van der Waals surface area contributed by atoms with Gasteiger partial charge in [-0.3, -0.25) is 3.97 Å². The van der Waals surface area contributed by atoms with Crippen LogP contribution < -0.4 is 0 Å². The van der Waals surface area contributed by atoms with E-state index in [9.17, 15) is 5.11 Å². The van der Waals surface area contributed by atoms with Gasteiger partial charge in [-0.25, -0.2) is 4.98 Å². The minimum absolute atomic E-state index is 0.419. The summed E-state index contributed by atoms with van der Waals surface area (Å²) in [5.74, 6) is 0. The largest absolute Gasteiger partial charge is 0.381 e.